The fourth-order valence-corrected chi connectivity index (χ4v) is 3.60. The highest BCUT2D eigenvalue weighted by Gasteiger charge is 2.30. The van der Waals surface area contributed by atoms with E-state index in [0.29, 0.717) is 5.95 Å². The zero-order chi connectivity index (χ0) is 15.9. The van der Waals surface area contributed by atoms with Gasteiger partial charge < -0.3 is 5.32 Å². The first kappa shape index (κ1) is 17.8. The van der Waals surface area contributed by atoms with Gasteiger partial charge in [-0.3, -0.25) is 0 Å². The summed E-state index contributed by atoms with van der Waals surface area (Å²) in [6, 6.07) is 0. The number of anilines is 1. The van der Waals surface area contributed by atoms with Crippen molar-refractivity contribution in [3.05, 3.63) is 12.4 Å². The van der Waals surface area contributed by atoms with Gasteiger partial charge in [-0.1, -0.05) is 27.7 Å². The lowest BCUT2D eigenvalue weighted by molar-refractivity contribution is 0.341. The van der Waals surface area contributed by atoms with E-state index in [1.54, 1.807) is 0 Å². The topological polar surface area (TPSA) is 84.0 Å². The molecule has 1 rings (SSSR count). The molecule has 0 aliphatic heterocycles. The Labute approximate surface area is 127 Å². The van der Waals surface area contributed by atoms with Crippen LogP contribution in [-0.2, 0) is 10.0 Å². The van der Waals surface area contributed by atoms with E-state index < -0.39 is 15.6 Å². The summed E-state index contributed by atoms with van der Waals surface area (Å²) >= 11 is 0. The van der Waals surface area contributed by atoms with E-state index in [9.17, 15) is 8.42 Å². The van der Waals surface area contributed by atoms with Crippen molar-refractivity contribution in [3.63, 3.8) is 0 Å². The summed E-state index contributed by atoms with van der Waals surface area (Å²) < 4.78 is 27.7. The van der Waals surface area contributed by atoms with E-state index in [1.165, 1.54) is 12.4 Å². The molecule has 1 aromatic heterocycles. The number of aromatic nitrogens is 2. The molecule has 6 nitrogen and oxygen atoms in total. The average Bonchev–Trinajstić information content (AvgIpc) is 2.51. The van der Waals surface area contributed by atoms with Gasteiger partial charge >= 0.3 is 0 Å². The van der Waals surface area contributed by atoms with E-state index in [0.717, 1.165) is 32.2 Å². The fraction of sp³-hybridized carbons (Fsp3) is 0.714. The van der Waals surface area contributed by atoms with Gasteiger partial charge in [0.1, 0.15) is 4.90 Å². The van der Waals surface area contributed by atoms with Crippen LogP contribution in [-0.4, -0.2) is 30.5 Å². The Morgan fingerprint density at radius 3 is 2.00 bits per heavy atom. The van der Waals surface area contributed by atoms with Gasteiger partial charge in [0.05, 0.1) is 12.4 Å². The van der Waals surface area contributed by atoms with Crippen molar-refractivity contribution < 1.29 is 8.42 Å². The molecule has 1 aromatic rings. The Bertz CT molecular complexity index is 516. The summed E-state index contributed by atoms with van der Waals surface area (Å²) in [5.41, 5.74) is -0.405. The average molecular weight is 314 g/mol. The Kier molecular flexibility index (Phi) is 6.54. The van der Waals surface area contributed by atoms with Gasteiger partial charge in [0, 0.05) is 12.1 Å². The van der Waals surface area contributed by atoms with Gasteiger partial charge in [0.2, 0.25) is 16.0 Å². The van der Waals surface area contributed by atoms with Crippen molar-refractivity contribution in [1.29, 1.82) is 0 Å². The highest BCUT2D eigenvalue weighted by molar-refractivity contribution is 7.89. The molecule has 0 amide bonds. The quantitative estimate of drug-likeness (QED) is 0.732. The first-order valence-corrected chi connectivity index (χ1v) is 9.01. The molecule has 0 radical (unpaired) electrons. The van der Waals surface area contributed by atoms with Gasteiger partial charge in [-0.25, -0.2) is 23.1 Å². The number of rotatable bonds is 9. The summed E-state index contributed by atoms with van der Waals surface area (Å²) in [6.07, 6.45) is 5.89. The zero-order valence-electron chi connectivity index (χ0n) is 13.3. The summed E-state index contributed by atoms with van der Waals surface area (Å²) in [7, 11) is -3.59. The standard InChI is InChI=1S/C14H26N4O2S/c1-5-9-15-13-16-10-12(11-17-13)21(19,20)18-14(6-2,7-3)8-4/h10-11,18H,5-9H2,1-4H3,(H,15,16,17). The van der Waals surface area contributed by atoms with Crippen LogP contribution < -0.4 is 10.0 Å². The van der Waals surface area contributed by atoms with Gasteiger partial charge in [0.15, 0.2) is 0 Å². The first-order valence-electron chi connectivity index (χ1n) is 7.53. The van der Waals surface area contributed by atoms with Crippen LogP contribution in [0, 0.1) is 0 Å². The number of hydrogen-bond donors (Lipinski definition) is 2. The predicted molar refractivity (Wildman–Crippen MR) is 84.7 cm³/mol. The molecule has 0 aromatic carbocycles. The minimum atomic E-state index is -3.59. The van der Waals surface area contributed by atoms with Crippen LogP contribution >= 0.6 is 0 Å². The Morgan fingerprint density at radius 2 is 1.57 bits per heavy atom. The molecule has 1 heterocycles. The molecule has 0 unspecified atom stereocenters. The lowest BCUT2D eigenvalue weighted by Gasteiger charge is -2.31. The van der Waals surface area contributed by atoms with Crippen molar-refractivity contribution in [3.8, 4) is 0 Å². The SMILES string of the molecule is CCCNc1ncc(S(=O)(=O)NC(CC)(CC)CC)cn1. The Hall–Kier alpha value is -1.21. The molecule has 0 aliphatic carbocycles. The van der Waals surface area contributed by atoms with Crippen molar-refractivity contribution in [2.24, 2.45) is 0 Å². The maximum atomic E-state index is 12.4. The lowest BCUT2D eigenvalue weighted by atomic mass is 9.91. The smallest absolute Gasteiger partial charge is 0.244 e. The summed E-state index contributed by atoms with van der Waals surface area (Å²) in [5, 5.41) is 3.02. The van der Waals surface area contributed by atoms with Gasteiger partial charge in [0.25, 0.3) is 0 Å². The molecule has 0 saturated heterocycles. The number of hydrogen-bond acceptors (Lipinski definition) is 5. The van der Waals surface area contributed by atoms with E-state index in [1.807, 2.05) is 27.7 Å². The van der Waals surface area contributed by atoms with Crippen LogP contribution in [0.1, 0.15) is 53.4 Å². The second kappa shape index (κ2) is 7.70. The van der Waals surface area contributed by atoms with Crippen LogP contribution in [0.5, 0.6) is 0 Å². The van der Waals surface area contributed by atoms with Gasteiger partial charge in [-0.15, -0.1) is 0 Å². The second-order valence-electron chi connectivity index (χ2n) is 5.12. The molecular weight excluding hydrogens is 288 g/mol. The van der Waals surface area contributed by atoms with Crippen LogP contribution in [0.3, 0.4) is 0 Å². The predicted octanol–water partition coefficient (Wildman–Crippen LogP) is 2.55. The van der Waals surface area contributed by atoms with E-state index in [2.05, 4.69) is 20.0 Å². The number of sulfonamides is 1. The fourth-order valence-electron chi connectivity index (χ4n) is 2.09. The minimum Gasteiger partial charge on any atom is -0.354 e. The van der Waals surface area contributed by atoms with E-state index >= 15 is 0 Å². The van der Waals surface area contributed by atoms with Crippen LogP contribution in [0.2, 0.25) is 0 Å². The summed E-state index contributed by atoms with van der Waals surface area (Å²) in [5.74, 6) is 0.448. The minimum absolute atomic E-state index is 0.101. The van der Waals surface area contributed by atoms with E-state index in [4.69, 9.17) is 0 Å². The molecule has 0 saturated carbocycles. The third-order valence-electron chi connectivity index (χ3n) is 3.85. The summed E-state index contributed by atoms with van der Waals surface area (Å²) in [4.78, 5) is 8.20. The Balaban J connectivity index is 2.92. The van der Waals surface area contributed by atoms with Crippen molar-refractivity contribution in [2.75, 3.05) is 11.9 Å². The lowest BCUT2D eigenvalue weighted by Crippen LogP contribution is -2.47. The van der Waals surface area contributed by atoms with Crippen molar-refractivity contribution in [1.82, 2.24) is 14.7 Å². The Morgan fingerprint density at radius 1 is 1.05 bits per heavy atom. The second-order valence-corrected chi connectivity index (χ2v) is 6.80. The molecular formula is C14H26N4O2S. The van der Waals surface area contributed by atoms with Crippen LogP contribution in [0.15, 0.2) is 17.3 Å². The first-order chi connectivity index (χ1) is 9.93. The largest absolute Gasteiger partial charge is 0.354 e. The van der Waals surface area contributed by atoms with Gasteiger partial charge in [-0.2, -0.15) is 0 Å². The third kappa shape index (κ3) is 4.64. The molecule has 0 atom stereocenters. The zero-order valence-corrected chi connectivity index (χ0v) is 14.1. The maximum Gasteiger partial charge on any atom is 0.244 e. The molecule has 0 spiro atoms. The van der Waals surface area contributed by atoms with Crippen molar-refractivity contribution in [2.45, 2.75) is 63.8 Å². The molecule has 21 heavy (non-hydrogen) atoms. The monoisotopic (exact) mass is 314 g/mol. The number of nitrogens with one attached hydrogen (secondary N) is 2. The highest BCUT2D eigenvalue weighted by Crippen LogP contribution is 2.22. The van der Waals surface area contributed by atoms with E-state index in [-0.39, 0.29) is 4.90 Å². The molecule has 2 N–H and O–H groups in total. The number of nitrogens with zero attached hydrogens (tertiary/aromatic N) is 2. The molecule has 0 fully saturated rings. The molecule has 0 aliphatic rings. The maximum absolute atomic E-state index is 12.4. The highest BCUT2D eigenvalue weighted by atomic mass is 32.2. The molecule has 120 valence electrons. The molecule has 7 heteroatoms. The molecule has 0 bridgehead atoms. The normalized spacial score (nSPS) is 12.4. The third-order valence-corrected chi connectivity index (χ3v) is 5.39. The van der Waals surface area contributed by atoms with Crippen LogP contribution in [0.25, 0.3) is 0 Å². The van der Waals surface area contributed by atoms with Crippen LogP contribution in [0.4, 0.5) is 5.95 Å². The van der Waals surface area contributed by atoms with Crippen molar-refractivity contribution >= 4 is 16.0 Å². The summed E-state index contributed by atoms with van der Waals surface area (Å²) in [6.45, 7) is 8.77. The van der Waals surface area contributed by atoms with Gasteiger partial charge in [-0.05, 0) is 25.7 Å².